The molecular formula is C29H36Br2. The fraction of sp³-hybridized carbons (Fsp3) is 0.448. The number of hydrogen-bond donors (Lipinski definition) is 0. The quantitative estimate of drug-likeness (QED) is 0.184. The Morgan fingerprint density at radius 3 is 1.52 bits per heavy atom. The minimum Gasteiger partial charge on any atom is -0.0870 e. The molecular weight excluding hydrogens is 508 g/mol. The van der Waals surface area contributed by atoms with Crippen molar-refractivity contribution < 1.29 is 0 Å². The summed E-state index contributed by atoms with van der Waals surface area (Å²) in [7, 11) is 0. The first-order valence-corrected chi connectivity index (χ1v) is 13.7. The van der Waals surface area contributed by atoms with Gasteiger partial charge in [0, 0.05) is 8.95 Å². The molecule has 0 heterocycles. The van der Waals surface area contributed by atoms with E-state index in [-0.39, 0.29) is 5.41 Å². The Balaban J connectivity index is 1.98. The third-order valence-electron chi connectivity index (χ3n) is 6.35. The molecule has 0 radical (unpaired) electrons. The number of hydrogen-bond acceptors (Lipinski definition) is 0. The van der Waals surface area contributed by atoms with Crippen molar-refractivity contribution in [3.05, 3.63) is 80.8 Å². The molecule has 166 valence electrons. The second-order valence-corrected chi connectivity index (χ2v) is 10.6. The number of halogens is 2. The van der Waals surface area contributed by atoms with Gasteiger partial charge in [-0.25, -0.2) is 0 Å². The third kappa shape index (κ3) is 6.02. The Bertz CT molecular complexity index is 831. The summed E-state index contributed by atoms with van der Waals surface area (Å²) in [6.45, 7) is 4.55. The largest absolute Gasteiger partial charge is 0.0870 e. The second kappa shape index (κ2) is 12.2. The van der Waals surface area contributed by atoms with E-state index in [1.54, 1.807) is 0 Å². The summed E-state index contributed by atoms with van der Waals surface area (Å²) in [5.74, 6) is 0. The van der Waals surface area contributed by atoms with Crippen LogP contribution in [0.15, 0.2) is 69.6 Å². The monoisotopic (exact) mass is 542 g/mol. The summed E-state index contributed by atoms with van der Waals surface area (Å²) in [5, 5.41) is 0. The smallest absolute Gasteiger partial charge is 0.0575 e. The first-order valence-electron chi connectivity index (χ1n) is 12.1. The molecule has 0 N–H and O–H groups in total. The Morgan fingerprint density at radius 1 is 0.645 bits per heavy atom. The number of fused-ring (bicyclic) bond motifs is 3. The molecule has 0 spiro atoms. The molecule has 2 aromatic rings. The predicted octanol–water partition coefficient (Wildman–Crippen LogP) is 10.5. The SMILES string of the molecule is CCCCCC/C=C/C1(/C=C/CCCCCC)c2cc(Br)ccc2-c2ccc(Br)cc21. The lowest BCUT2D eigenvalue weighted by atomic mass is 9.77. The fourth-order valence-electron chi connectivity index (χ4n) is 4.66. The van der Waals surface area contributed by atoms with Crippen LogP contribution in [0.5, 0.6) is 0 Å². The number of rotatable bonds is 12. The topological polar surface area (TPSA) is 0 Å². The van der Waals surface area contributed by atoms with Crippen LogP contribution in [0.1, 0.15) is 89.2 Å². The highest BCUT2D eigenvalue weighted by Gasteiger charge is 2.39. The van der Waals surface area contributed by atoms with Crippen molar-refractivity contribution in [2.24, 2.45) is 0 Å². The molecule has 0 aromatic heterocycles. The maximum Gasteiger partial charge on any atom is 0.0575 e. The lowest BCUT2D eigenvalue weighted by Crippen LogP contribution is -2.19. The van der Waals surface area contributed by atoms with Crippen molar-refractivity contribution in [3.63, 3.8) is 0 Å². The summed E-state index contributed by atoms with van der Waals surface area (Å²) in [5.41, 5.74) is 5.32. The average molecular weight is 544 g/mol. The molecule has 0 aliphatic heterocycles. The van der Waals surface area contributed by atoms with E-state index >= 15 is 0 Å². The molecule has 2 aromatic carbocycles. The Hall–Kier alpha value is -1.12. The van der Waals surface area contributed by atoms with E-state index in [0.717, 1.165) is 21.8 Å². The van der Waals surface area contributed by atoms with Gasteiger partial charge in [0.2, 0.25) is 0 Å². The van der Waals surface area contributed by atoms with Gasteiger partial charge in [-0.05, 0) is 72.2 Å². The minimum absolute atomic E-state index is 0.187. The van der Waals surface area contributed by atoms with E-state index in [0.29, 0.717) is 0 Å². The highest BCUT2D eigenvalue weighted by molar-refractivity contribution is 9.10. The summed E-state index contributed by atoms with van der Waals surface area (Å²) in [6.07, 6.45) is 22.6. The van der Waals surface area contributed by atoms with Crippen molar-refractivity contribution in [1.82, 2.24) is 0 Å². The lowest BCUT2D eigenvalue weighted by Gasteiger charge is -2.26. The van der Waals surface area contributed by atoms with Gasteiger partial charge in [-0.3, -0.25) is 0 Å². The van der Waals surface area contributed by atoms with Crippen LogP contribution in [0.25, 0.3) is 11.1 Å². The van der Waals surface area contributed by atoms with Gasteiger partial charge in [0.1, 0.15) is 0 Å². The van der Waals surface area contributed by atoms with Gasteiger partial charge in [-0.2, -0.15) is 0 Å². The van der Waals surface area contributed by atoms with Gasteiger partial charge in [-0.1, -0.05) is 121 Å². The zero-order chi connectivity index (χ0) is 22.1. The fourth-order valence-corrected chi connectivity index (χ4v) is 5.39. The van der Waals surface area contributed by atoms with Gasteiger partial charge >= 0.3 is 0 Å². The molecule has 0 unspecified atom stereocenters. The highest BCUT2D eigenvalue weighted by Crippen LogP contribution is 2.52. The standard InChI is InChI=1S/C29H36Br2/c1-3-5-7-9-11-13-19-29(20-14-12-10-8-6-4-2)27-21-23(30)15-17-25(27)26-18-16-24(31)22-28(26)29/h13-22H,3-12H2,1-2H3/b19-13+,20-14+. The highest BCUT2D eigenvalue weighted by atomic mass is 79.9. The van der Waals surface area contributed by atoms with Crippen LogP contribution in [0.3, 0.4) is 0 Å². The van der Waals surface area contributed by atoms with Crippen molar-refractivity contribution in [3.8, 4) is 11.1 Å². The average Bonchev–Trinajstić information content (AvgIpc) is 3.02. The van der Waals surface area contributed by atoms with Gasteiger partial charge in [-0.15, -0.1) is 0 Å². The van der Waals surface area contributed by atoms with Crippen molar-refractivity contribution in [2.45, 2.75) is 83.5 Å². The van der Waals surface area contributed by atoms with E-state index in [2.05, 4.69) is 106 Å². The maximum atomic E-state index is 3.74. The Labute approximate surface area is 206 Å². The molecule has 0 bridgehead atoms. The molecule has 0 nitrogen and oxygen atoms in total. The summed E-state index contributed by atoms with van der Waals surface area (Å²) in [6, 6.07) is 13.5. The molecule has 1 aliphatic carbocycles. The summed E-state index contributed by atoms with van der Waals surface area (Å²) < 4.78 is 2.30. The van der Waals surface area contributed by atoms with Gasteiger partial charge in [0.15, 0.2) is 0 Å². The van der Waals surface area contributed by atoms with E-state index < -0.39 is 0 Å². The number of unbranched alkanes of at least 4 members (excludes halogenated alkanes) is 8. The predicted molar refractivity (Wildman–Crippen MR) is 144 cm³/mol. The van der Waals surface area contributed by atoms with Gasteiger partial charge in [0.25, 0.3) is 0 Å². The molecule has 0 saturated carbocycles. The van der Waals surface area contributed by atoms with Gasteiger partial charge < -0.3 is 0 Å². The third-order valence-corrected chi connectivity index (χ3v) is 7.34. The molecule has 0 atom stereocenters. The van der Waals surface area contributed by atoms with Crippen LogP contribution in [0.2, 0.25) is 0 Å². The zero-order valence-electron chi connectivity index (χ0n) is 19.1. The van der Waals surface area contributed by atoms with Crippen LogP contribution in [0.4, 0.5) is 0 Å². The van der Waals surface area contributed by atoms with Crippen LogP contribution in [0, 0.1) is 0 Å². The molecule has 3 rings (SSSR count). The molecule has 0 amide bonds. The molecule has 0 fully saturated rings. The first kappa shape index (κ1) is 24.5. The van der Waals surface area contributed by atoms with Crippen LogP contribution >= 0.6 is 31.9 Å². The van der Waals surface area contributed by atoms with E-state index in [9.17, 15) is 0 Å². The summed E-state index contributed by atoms with van der Waals surface area (Å²) in [4.78, 5) is 0. The molecule has 1 aliphatic rings. The van der Waals surface area contributed by atoms with Crippen LogP contribution in [-0.4, -0.2) is 0 Å². The zero-order valence-corrected chi connectivity index (χ0v) is 22.3. The van der Waals surface area contributed by atoms with E-state index in [4.69, 9.17) is 0 Å². The summed E-state index contributed by atoms with van der Waals surface area (Å²) >= 11 is 7.48. The maximum absolute atomic E-state index is 3.74. The van der Waals surface area contributed by atoms with Crippen LogP contribution in [-0.2, 0) is 5.41 Å². The van der Waals surface area contributed by atoms with Crippen molar-refractivity contribution in [1.29, 1.82) is 0 Å². The molecule has 31 heavy (non-hydrogen) atoms. The van der Waals surface area contributed by atoms with Crippen molar-refractivity contribution in [2.75, 3.05) is 0 Å². The van der Waals surface area contributed by atoms with Crippen LogP contribution < -0.4 is 0 Å². The first-order chi connectivity index (χ1) is 15.1. The van der Waals surface area contributed by atoms with Crippen molar-refractivity contribution >= 4 is 31.9 Å². The van der Waals surface area contributed by atoms with Gasteiger partial charge in [0.05, 0.1) is 5.41 Å². The van der Waals surface area contributed by atoms with E-state index in [1.807, 2.05) is 0 Å². The lowest BCUT2D eigenvalue weighted by molar-refractivity contribution is 0.669. The second-order valence-electron chi connectivity index (χ2n) is 8.75. The number of allylic oxidation sites excluding steroid dienone is 4. The van der Waals surface area contributed by atoms with E-state index in [1.165, 1.54) is 73.6 Å². The Kier molecular flexibility index (Phi) is 9.66. The Morgan fingerprint density at radius 2 is 1.10 bits per heavy atom. The normalized spacial score (nSPS) is 14.5. The number of benzene rings is 2. The molecule has 2 heteroatoms. The minimum atomic E-state index is -0.187. The molecule has 0 saturated heterocycles.